The summed E-state index contributed by atoms with van der Waals surface area (Å²) in [6.07, 6.45) is -1.83. The molecule has 0 amide bonds. The Morgan fingerprint density at radius 2 is 1.10 bits per heavy atom. The molecule has 1 radical (unpaired) electrons. The van der Waals surface area contributed by atoms with E-state index in [1.54, 1.807) is 0 Å². The Labute approximate surface area is 89.1 Å². The topological polar surface area (TPSA) is 94.8 Å². The first-order chi connectivity index (χ1) is 3.46. The van der Waals surface area contributed by atoms with Gasteiger partial charge in [-0.15, -0.1) is 0 Å². The van der Waals surface area contributed by atoms with E-state index in [1.165, 1.54) is 0 Å². The minimum atomic E-state index is -1.83. The van der Waals surface area contributed by atoms with Crippen LogP contribution >= 0.6 is 0 Å². The molecule has 57 valence electrons. The van der Waals surface area contributed by atoms with Crippen molar-refractivity contribution in [2.75, 3.05) is 0 Å². The van der Waals surface area contributed by atoms with Crippen LogP contribution in [0.4, 0.5) is 4.79 Å². The predicted molar refractivity (Wildman–Crippen MR) is 32.5 cm³/mol. The van der Waals surface area contributed by atoms with Crippen molar-refractivity contribution in [2.24, 2.45) is 0 Å². The van der Waals surface area contributed by atoms with Gasteiger partial charge in [0.05, 0.1) is 0 Å². The van der Waals surface area contributed by atoms with Crippen molar-refractivity contribution in [3.05, 3.63) is 0 Å². The van der Waals surface area contributed by atoms with Crippen molar-refractivity contribution < 1.29 is 47.3 Å². The van der Waals surface area contributed by atoms with Gasteiger partial charge < -0.3 is 15.3 Å². The van der Waals surface area contributed by atoms with Crippen LogP contribution in [0.25, 0.3) is 0 Å². The van der Waals surface area contributed by atoms with Gasteiger partial charge in [0.15, 0.2) is 0 Å². The number of carboxylic acids is 1. The van der Waals surface area contributed by atoms with Crippen molar-refractivity contribution in [3.63, 3.8) is 0 Å². The molecule has 0 spiro atoms. The summed E-state index contributed by atoms with van der Waals surface area (Å²) in [7, 11) is 0. The normalized spacial score (nSPS) is 4.90. The van der Waals surface area contributed by atoms with Gasteiger partial charge in [0.1, 0.15) is 0 Å². The van der Waals surface area contributed by atoms with Crippen LogP contribution in [0.3, 0.4) is 0 Å². The van der Waals surface area contributed by atoms with Crippen molar-refractivity contribution in [1.29, 1.82) is 0 Å². The van der Waals surface area contributed by atoms with Gasteiger partial charge in [0.25, 0.3) is 5.97 Å². The van der Waals surface area contributed by atoms with Crippen LogP contribution < -0.4 is 0 Å². The van der Waals surface area contributed by atoms with Crippen molar-refractivity contribution in [2.45, 2.75) is 6.92 Å². The average molecular weight is 241 g/mol. The van der Waals surface area contributed by atoms with E-state index in [0.717, 1.165) is 6.92 Å². The third-order valence-corrected chi connectivity index (χ3v) is 0. The Morgan fingerprint density at radius 3 is 1.10 bits per heavy atom. The fourth-order valence-electron chi connectivity index (χ4n) is 0. The summed E-state index contributed by atoms with van der Waals surface area (Å²) in [5.74, 6) is -0.833. The first kappa shape index (κ1) is 22.5. The molecule has 5 nitrogen and oxygen atoms in total. The Hall–Kier alpha value is 0.246. The summed E-state index contributed by atoms with van der Waals surface area (Å²) in [6.45, 7) is 1.08. The molecule has 0 atom stereocenters. The number of aliphatic carboxylic acids is 1. The number of hydrogen-bond donors (Lipinski definition) is 3. The molecule has 0 rings (SSSR count). The third-order valence-electron chi connectivity index (χ3n) is 0. The molecule has 0 aliphatic carbocycles. The first-order valence-electron chi connectivity index (χ1n) is 1.58. The third kappa shape index (κ3) is 7130. The molecule has 7 heteroatoms. The van der Waals surface area contributed by atoms with Gasteiger partial charge >= 0.3 is 29.2 Å². The van der Waals surface area contributed by atoms with Gasteiger partial charge in [-0.25, -0.2) is 4.79 Å². The smallest absolute Gasteiger partial charge is 0.481 e. The monoisotopic (exact) mass is 241 g/mol. The largest absolute Gasteiger partial charge is 0.503 e. The number of hydrogen-bond acceptors (Lipinski definition) is 2. The van der Waals surface area contributed by atoms with E-state index < -0.39 is 12.1 Å². The van der Waals surface area contributed by atoms with E-state index in [-0.39, 0.29) is 45.4 Å². The van der Waals surface area contributed by atoms with Crippen LogP contribution in [-0.2, 0) is 27.2 Å². The van der Waals surface area contributed by atoms with Gasteiger partial charge in [-0.1, -0.05) is 0 Å². The predicted octanol–water partition coefficient (Wildman–Crippen LogP) is -0.605. The minimum Gasteiger partial charge on any atom is -0.481 e. The van der Waals surface area contributed by atoms with Gasteiger partial charge in [-0.05, 0) is 0 Å². The van der Waals surface area contributed by atoms with Crippen molar-refractivity contribution in [3.8, 4) is 0 Å². The Kier molecular flexibility index (Phi) is 36.2. The fourth-order valence-corrected chi connectivity index (χ4v) is 0. The summed E-state index contributed by atoms with van der Waals surface area (Å²) in [6, 6.07) is 0. The van der Waals surface area contributed by atoms with Crippen LogP contribution in [0, 0.1) is 0 Å². The van der Waals surface area contributed by atoms with Crippen LogP contribution in [0.15, 0.2) is 0 Å². The van der Waals surface area contributed by atoms with E-state index in [1.807, 2.05) is 0 Å². The van der Waals surface area contributed by atoms with E-state index in [9.17, 15) is 0 Å². The zero-order valence-corrected chi connectivity index (χ0v) is 6.80. The molecule has 0 aromatic carbocycles. The van der Waals surface area contributed by atoms with Gasteiger partial charge in [0.2, 0.25) is 0 Å². The van der Waals surface area contributed by atoms with Crippen molar-refractivity contribution in [1.82, 2.24) is 0 Å². The van der Waals surface area contributed by atoms with Crippen LogP contribution in [0.1, 0.15) is 6.92 Å². The maximum absolute atomic E-state index is 9.00. The van der Waals surface area contributed by atoms with E-state index in [0.29, 0.717) is 0 Å². The maximum atomic E-state index is 9.00. The number of carbonyl (C=O) groups is 2. The van der Waals surface area contributed by atoms with Gasteiger partial charge in [0, 0.05) is 29.3 Å². The summed E-state index contributed by atoms with van der Waals surface area (Å²) >= 11 is 0. The fraction of sp³-hybridized carbons (Fsp3) is 0.333. The second kappa shape index (κ2) is 16.1. The molecular weight excluding hydrogens is 233 g/mol. The second-order valence-electron chi connectivity index (χ2n) is 0.802. The Morgan fingerprint density at radius 1 is 1.10 bits per heavy atom. The van der Waals surface area contributed by atoms with Crippen molar-refractivity contribution >= 4 is 35.2 Å². The maximum Gasteiger partial charge on any atom is 0.503 e. The summed E-state index contributed by atoms with van der Waals surface area (Å²) in [5.41, 5.74) is 0. The minimum absolute atomic E-state index is 0. The average Bonchev–Trinajstić information content (AvgIpc) is 1.25. The molecule has 0 aliphatic heterocycles. The Bertz CT molecular complexity index is 74.9. The molecular formula is C3H8MgNbO5. The standard InChI is InChI=1S/C2H4O2.CH2O3.Mg.Nb.2H/c1-2(3)4;2-1(3)4;;;;/h1H3,(H,3,4);(H2,2,3,4);;;;. The molecule has 0 fully saturated rings. The van der Waals surface area contributed by atoms with E-state index in [2.05, 4.69) is 0 Å². The zero-order valence-electron chi connectivity index (χ0n) is 4.61. The van der Waals surface area contributed by atoms with Gasteiger partial charge in [-0.3, -0.25) is 4.79 Å². The molecule has 0 saturated carbocycles. The zero-order chi connectivity index (χ0) is 7.15. The summed E-state index contributed by atoms with van der Waals surface area (Å²) in [4.78, 5) is 17.6. The first-order valence-corrected chi connectivity index (χ1v) is 1.58. The molecule has 0 aromatic rings. The number of carboxylic acid groups (broad SMARTS) is 3. The molecule has 3 N–H and O–H groups in total. The molecule has 0 unspecified atom stereocenters. The molecule has 0 saturated heterocycles. The Balaban J connectivity index is -0.0000000300. The summed E-state index contributed by atoms with van der Waals surface area (Å²) < 4.78 is 0. The second-order valence-corrected chi connectivity index (χ2v) is 0.802. The van der Waals surface area contributed by atoms with E-state index in [4.69, 9.17) is 24.9 Å². The molecule has 0 aliphatic rings. The SMILES string of the molecule is CC(=O)O.O=C(O)O.[MgH2].[Nb]. The van der Waals surface area contributed by atoms with Gasteiger partial charge in [-0.2, -0.15) is 0 Å². The van der Waals surface area contributed by atoms with Crippen LogP contribution in [-0.4, -0.2) is 50.5 Å². The molecule has 10 heavy (non-hydrogen) atoms. The molecule has 0 heterocycles. The number of rotatable bonds is 0. The van der Waals surface area contributed by atoms with Crippen LogP contribution in [0.2, 0.25) is 0 Å². The van der Waals surface area contributed by atoms with E-state index >= 15 is 0 Å². The van der Waals surface area contributed by atoms with Crippen LogP contribution in [0.5, 0.6) is 0 Å². The molecule has 0 aromatic heterocycles. The quantitative estimate of drug-likeness (QED) is 0.492. The molecule has 0 bridgehead atoms. The summed E-state index contributed by atoms with van der Waals surface area (Å²) in [5, 5.41) is 21.4.